The second-order valence-corrected chi connectivity index (χ2v) is 3.15. The molecule has 0 aromatic heterocycles. The lowest BCUT2D eigenvalue weighted by atomic mass is 10.2. The number of benzene rings is 1. The van der Waals surface area contributed by atoms with Crippen molar-refractivity contribution in [2.45, 2.75) is 0 Å². The fourth-order valence-corrected chi connectivity index (χ4v) is 1.17. The normalized spacial score (nSPS) is 9.20. The van der Waals surface area contributed by atoms with Crippen molar-refractivity contribution in [3.8, 4) is 0 Å². The Labute approximate surface area is 93.6 Å². The van der Waals surface area contributed by atoms with Gasteiger partial charge < -0.3 is 15.4 Å². The number of hydrogen-bond donors (Lipinski definition) is 2. The van der Waals surface area contributed by atoms with E-state index in [4.69, 9.17) is 12.2 Å². The molecule has 4 nitrogen and oxygen atoms in total. The summed E-state index contributed by atoms with van der Waals surface area (Å²) in [7, 11) is 3.05. The van der Waals surface area contributed by atoms with Crippen LogP contribution in [0.25, 0.3) is 0 Å². The van der Waals surface area contributed by atoms with E-state index in [-0.39, 0.29) is 0 Å². The molecule has 0 amide bonds. The Bertz CT molecular complexity index is 379. The van der Waals surface area contributed by atoms with Gasteiger partial charge in [-0.05, 0) is 24.4 Å². The molecule has 0 aliphatic heterocycles. The van der Waals surface area contributed by atoms with E-state index in [2.05, 4.69) is 15.4 Å². The van der Waals surface area contributed by atoms with Crippen LogP contribution in [0.4, 0.5) is 5.69 Å². The fraction of sp³-hybridized carbons (Fsp3) is 0.200. The Morgan fingerprint density at radius 2 is 2.07 bits per heavy atom. The van der Waals surface area contributed by atoms with Crippen molar-refractivity contribution in [2.24, 2.45) is 0 Å². The van der Waals surface area contributed by atoms with Crippen molar-refractivity contribution < 1.29 is 9.53 Å². The monoisotopic (exact) mass is 224 g/mol. The highest BCUT2D eigenvalue weighted by Crippen LogP contribution is 2.15. The number of hydrogen-bond acceptors (Lipinski definition) is 3. The predicted molar refractivity (Wildman–Crippen MR) is 63.1 cm³/mol. The quantitative estimate of drug-likeness (QED) is 0.587. The minimum absolute atomic E-state index is 0.392. The fourth-order valence-electron chi connectivity index (χ4n) is 1.06. The van der Waals surface area contributed by atoms with Gasteiger partial charge in [-0.15, -0.1) is 0 Å². The maximum absolute atomic E-state index is 11.4. The Hall–Kier alpha value is -1.62. The maximum atomic E-state index is 11.4. The Balaban J connectivity index is 2.96. The summed E-state index contributed by atoms with van der Waals surface area (Å²) in [5.41, 5.74) is 1.08. The molecule has 5 heteroatoms. The molecule has 0 aliphatic carbocycles. The summed E-state index contributed by atoms with van der Waals surface area (Å²) in [5, 5.41) is 6.11. The summed E-state index contributed by atoms with van der Waals surface area (Å²) in [4.78, 5) is 11.4. The molecule has 1 rings (SSSR count). The lowest BCUT2D eigenvalue weighted by Crippen LogP contribution is -2.25. The maximum Gasteiger partial charge on any atom is 0.339 e. The first-order chi connectivity index (χ1) is 7.19. The largest absolute Gasteiger partial charge is 0.465 e. The van der Waals surface area contributed by atoms with Crippen LogP contribution in [-0.2, 0) is 4.74 Å². The molecule has 0 atom stereocenters. The molecule has 0 bridgehead atoms. The van der Waals surface area contributed by atoms with E-state index in [0.29, 0.717) is 16.4 Å². The van der Waals surface area contributed by atoms with Crippen LogP contribution in [0, 0.1) is 0 Å². The van der Waals surface area contributed by atoms with Gasteiger partial charge in [-0.3, -0.25) is 0 Å². The average Bonchev–Trinajstić information content (AvgIpc) is 2.28. The number of nitrogens with one attached hydrogen (secondary N) is 2. The molecule has 1 aromatic carbocycles. The van der Waals surface area contributed by atoms with E-state index in [0.717, 1.165) is 0 Å². The van der Waals surface area contributed by atoms with Gasteiger partial charge in [0.1, 0.15) is 0 Å². The molecule has 2 N–H and O–H groups in total. The number of esters is 1. The molecule has 80 valence electrons. The van der Waals surface area contributed by atoms with E-state index >= 15 is 0 Å². The molecule has 0 saturated heterocycles. The van der Waals surface area contributed by atoms with Crippen LogP contribution in [-0.4, -0.2) is 25.2 Å². The van der Waals surface area contributed by atoms with Crippen molar-refractivity contribution in [2.75, 3.05) is 19.5 Å². The van der Waals surface area contributed by atoms with Crippen LogP contribution in [0.1, 0.15) is 10.4 Å². The van der Waals surface area contributed by atoms with Crippen molar-refractivity contribution in [1.82, 2.24) is 5.32 Å². The zero-order valence-electron chi connectivity index (χ0n) is 8.53. The third-order valence-corrected chi connectivity index (χ3v) is 2.11. The van der Waals surface area contributed by atoms with Gasteiger partial charge >= 0.3 is 5.97 Å². The van der Waals surface area contributed by atoms with Gasteiger partial charge in [0.15, 0.2) is 5.11 Å². The molecule has 0 fully saturated rings. The third kappa shape index (κ3) is 2.92. The summed E-state index contributed by atoms with van der Waals surface area (Å²) in [5.74, 6) is -0.392. The zero-order chi connectivity index (χ0) is 11.3. The first-order valence-electron chi connectivity index (χ1n) is 4.35. The number of ether oxygens (including phenoxy) is 1. The van der Waals surface area contributed by atoms with Crippen molar-refractivity contribution in [1.29, 1.82) is 0 Å². The van der Waals surface area contributed by atoms with E-state index < -0.39 is 5.97 Å². The van der Waals surface area contributed by atoms with Crippen LogP contribution in [0.2, 0.25) is 0 Å². The molecular formula is C10H12N2O2S. The van der Waals surface area contributed by atoms with Crippen molar-refractivity contribution in [3.05, 3.63) is 29.8 Å². The second-order valence-electron chi connectivity index (χ2n) is 2.74. The highest BCUT2D eigenvalue weighted by atomic mass is 32.1. The summed E-state index contributed by atoms with van der Waals surface area (Å²) >= 11 is 4.95. The summed E-state index contributed by atoms with van der Waals surface area (Å²) < 4.78 is 4.65. The number of carbonyl (C=O) groups is 1. The minimum atomic E-state index is -0.392. The summed E-state index contributed by atoms with van der Waals surface area (Å²) in [6, 6.07) is 7.01. The smallest absolute Gasteiger partial charge is 0.339 e. The Morgan fingerprint density at radius 1 is 1.40 bits per heavy atom. The van der Waals surface area contributed by atoms with E-state index in [9.17, 15) is 4.79 Å². The average molecular weight is 224 g/mol. The first-order valence-corrected chi connectivity index (χ1v) is 4.76. The molecule has 15 heavy (non-hydrogen) atoms. The SMILES string of the molecule is CNC(=S)Nc1ccccc1C(=O)OC. The van der Waals surface area contributed by atoms with Crippen LogP contribution in [0.15, 0.2) is 24.3 Å². The van der Waals surface area contributed by atoms with Crippen LogP contribution in [0.5, 0.6) is 0 Å². The summed E-state index contributed by atoms with van der Waals surface area (Å²) in [6.45, 7) is 0. The molecule has 1 aromatic rings. The van der Waals surface area contributed by atoms with Gasteiger partial charge in [-0.2, -0.15) is 0 Å². The number of rotatable bonds is 2. The van der Waals surface area contributed by atoms with Gasteiger partial charge in [-0.1, -0.05) is 12.1 Å². The highest BCUT2D eigenvalue weighted by molar-refractivity contribution is 7.80. The number of para-hydroxylation sites is 1. The van der Waals surface area contributed by atoms with Gasteiger partial charge in [0.05, 0.1) is 18.4 Å². The number of thiocarbonyl (C=S) groups is 1. The molecular weight excluding hydrogens is 212 g/mol. The van der Waals surface area contributed by atoms with Crippen LogP contribution >= 0.6 is 12.2 Å². The van der Waals surface area contributed by atoms with Gasteiger partial charge in [0.25, 0.3) is 0 Å². The van der Waals surface area contributed by atoms with E-state index in [1.165, 1.54) is 7.11 Å². The molecule has 0 spiro atoms. The third-order valence-electron chi connectivity index (χ3n) is 1.81. The molecule has 0 aliphatic rings. The van der Waals surface area contributed by atoms with Crippen LogP contribution < -0.4 is 10.6 Å². The standard InChI is InChI=1S/C10H12N2O2S/c1-11-10(15)12-8-6-4-3-5-7(8)9(13)14-2/h3-6H,1-2H3,(H2,11,12,15). The molecule has 0 unspecified atom stereocenters. The van der Waals surface area contributed by atoms with Crippen molar-refractivity contribution >= 4 is 29.0 Å². The highest BCUT2D eigenvalue weighted by Gasteiger charge is 2.10. The van der Waals surface area contributed by atoms with Crippen LogP contribution in [0.3, 0.4) is 0 Å². The lowest BCUT2D eigenvalue weighted by molar-refractivity contribution is 0.0602. The predicted octanol–water partition coefficient (Wildman–Crippen LogP) is 1.39. The number of anilines is 1. The number of methoxy groups -OCH3 is 1. The lowest BCUT2D eigenvalue weighted by Gasteiger charge is -2.10. The molecule has 0 heterocycles. The van der Waals surface area contributed by atoms with E-state index in [1.54, 1.807) is 25.2 Å². The Morgan fingerprint density at radius 3 is 2.67 bits per heavy atom. The second kappa shape index (κ2) is 5.31. The Kier molecular flexibility index (Phi) is 4.05. The number of carbonyl (C=O) groups excluding carboxylic acids is 1. The van der Waals surface area contributed by atoms with Gasteiger partial charge in [0, 0.05) is 7.05 Å². The first kappa shape index (κ1) is 11.5. The zero-order valence-corrected chi connectivity index (χ0v) is 9.35. The summed E-state index contributed by atoms with van der Waals surface area (Å²) in [6.07, 6.45) is 0. The molecule has 0 saturated carbocycles. The van der Waals surface area contributed by atoms with E-state index in [1.807, 2.05) is 6.07 Å². The minimum Gasteiger partial charge on any atom is -0.465 e. The molecule has 0 radical (unpaired) electrons. The topological polar surface area (TPSA) is 50.4 Å². The van der Waals surface area contributed by atoms with Gasteiger partial charge in [0.2, 0.25) is 0 Å². The van der Waals surface area contributed by atoms with Gasteiger partial charge in [-0.25, -0.2) is 4.79 Å². The van der Waals surface area contributed by atoms with Crippen molar-refractivity contribution in [3.63, 3.8) is 0 Å².